The van der Waals surface area contributed by atoms with Gasteiger partial charge in [0.05, 0.1) is 5.52 Å². The SMILES string of the molecule is CNCc1cc2ccc(Oc3ccccc3)cc2n(CCN2CCCCC2)c1=O. The number of nitrogens with one attached hydrogen (secondary N) is 1. The van der Waals surface area contributed by atoms with Gasteiger partial charge in [-0.05, 0) is 68.7 Å². The number of nitrogens with zero attached hydrogens (tertiary/aromatic N) is 2. The third-order valence-electron chi connectivity index (χ3n) is 5.58. The number of fused-ring (bicyclic) bond motifs is 1. The fourth-order valence-electron chi connectivity index (χ4n) is 4.06. The van der Waals surface area contributed by atoms with Crippen LogP contribution in [0.3, 0.4) is 0 Å². The average Bonchev–Trinajstić information content (AvgIpc) is 2.76. The van der Waals surface area contributed by atoms with Gasteiger partial charge in [-0.15, -0.1) is 0 Å². The molecule has 1 aliphatic heterocycles. The van der Waals surface area contributed by atoms with Crippen LogP contribution in [0.5, 0.6) is 11.5 Å². The number of para-hydroxylation sites is 1. The minimum absolute atomic E-state index is 0.0840. The first-order valence-corrected chi connectivity index (χ1v) is 10.5. The molecule has 1 aromatic heterocycles. The molecule has 0 atom stereocenters. The summed E-state index contributed by atoms with van der Waals surface area (Å²) in [6.07, 6.45) is 3.83. The number of piperidine rings is 1. The lowest BCUT2D eigenvalue weighted by Gasteiger charge is -2.27. The van der Waals surface area contributed by atoms with Gasteiger partial charge >= 0.3 is 0 Å². The van der Waals surface area contributed by atoms with E-state index in [1.54, 1.807) is 0 Å². The maximum absolute atomic E-state index is 13.2. The van der Waals surface area contributed by atoms with Crippen molar-refractivity contribution >= 4 is 10.9 Å². The van der Waals surface area contributed by atoms with Gasteiger partial charge in [0, 0.05) is 31.3 Å². The van der Waals surface area contributed by atoms with E-state index in [4.69, 9.17) is 4.74 Å². The fraction of sp³-hybridized carbons (Fsp3) is 0.375. The minimum Gasteiger partial charge on any atom is -0.457 e. The lowest BCUT2D eigenvalue weighted by Crippen LogP contribution is -2.35. The molecule has 5 heteroatoms. The van der Waals surface area contributed by atoms with E-state index in [9.17, 15) is 4.79 Å². The van der Waals surface area contributed by atoms with Gasteiger partial charge in [-0.2, -0.15) is 0 Å². The zero-order valence-electron chi connectivity index (χ0n) is 17.1. The molecule has 1 saturated heterocycles. The molecule has 0 saturated carbocycles. The maximum atomic E-state index is 13.2. The van der Waals surface area contributed by atoms with Crippen LogP contribution in [0.15, 0.2) is 59.4 Å². The maximum Gasteiger partial charge on any atom is 0.255 e. The minimum atomic E-state index is 0.0840. The van der Waals surface area contributed by atoms with Crippen LogP contribution in [0.25, 0.3) is 10.9 Å². The highest BCUT2D eigenvalue weighted by molar-refractivity contribution is 5.81. The van der Waals surface area contributed by atoms with Crippen molar-refractivity contribution in [1.29, 1.82) is 0 Å². The lowest BCUT2D eigenvalue weighted by molar-refractivity contribution is 0.221. The summed E-state index contributed by atoms with van der Waals surface area (Å²) >= 11 is 0. The summed E-state index contributed by atoms with van der Waals surface area (Å²) in [4.78, 5) is 15.6. The Balaban J connectivity index is 1.68. The van der Waals surface area contributed by atoms with Gasteiger partial charge in [0.15, 0.2) is 0 Å². The van der Waals surface area contributed by atoms with Crippen molar-refractivity contribution in [3.05, 3.63) is 70.5 Å². The summed E-state index contributed by atoms with van der Waals surface area (Å²) in [6.45, 7) is 4.43. The van der Waals surface area contributed by atoms with Crippen LogP contribution in [-0.2, 0) is 13.1 Å². The molecule has 2 heterocycles. The Morgan fingerprint density at radius 3 is 2.48 bits per heavy atom. The molecule has 0 aliphatic carbocycles. The Morgan fingerprint density at radius 1 is 0.931 bits per heavy atom. The van der Waals surface area contributed by atoms with Crippen molar-refractivity contribution < 1.29 is 4.74 Å². The van der Waals surface area contributed by atoms with Gasteiger partial charge in [-0.25, -0.2) is 0 Å². The summed E-state index contributed by atoms with van der Waals surface area (Å²) < 4.78 is 7.94. The second-order valence-corrected chi connectivity index (χ2v) is 7.69. The second-order valence-electron chi connectivity index (χ2n) is 7.69. The second kappa shape index (κ2) is 9.25. The molecule has 2 aromatic carbocycles. The molecule has 1 N–H and O–H groups in total. The first kappa shape index (κ1) is 19.7. The third kappa shape index (κ3) is 4.69. The van der Waals surface area contributed by atoms with Crippen molar-refractivity contribution in [3.63, 3.8) is 0 Å². The predicted octanol–water partition coefficient (Wildman–Crippen LogP) is 4.00. The number of hydrogen-bond acceptors (Lipinski definition) is 4. The highest BCUT2D eigenvalue weighted by atomic mass is 16.5. The Hall–Kier alpha value is -2.63. The van der Waals surface area contributed by atoms with E-state index in [1.807, 2.05) is 66.2 Å². The quantitative estimate of drug-likeness (QED) is 0.661. The van der Waals surface area contributed by atoms with Gasteiger partial charge in [0.1, 0.15) is 11.5 Å². The number of likely N-dealkylation sites (tertiary alicyclic amines) is 1. The molecule has 1 aliphatic rings. The monoisotopic (exact) mass is 391 g/mol. The summed E-state index contributed by atoms with van der Waals surface area (Å²) in [6, 6.07) is 17.7. The van der Waals surface area contributed by atoms with Crippen molar-refractivity contribution in [2.24, 2.45) is 0 Å². The van der Waals surface area contributed by atoms with Crippen LogP contribution in [0.1, 0.15) is 24.8 Å². The number of aromatic nitrogens is 1. The van der Waals surface area contributed by atoms with Crippen LogP contribution < -0.4 is 15.6 Å². The first-order chi connectivity index (χ1) is 14.2. The molecule has 0 radical (unpaired) electrons. The highest BCUT2D eigenvalue weighted by Gasteiger charge is 2.14. The van der Waals surface area contributed by atoms with Crippen molar-refractivity contribution in [2.45, 2.75) is 32.4 Å². The zero-order valence-corrected chi connectivity index (χ0v) is 17.1. The molecular formula is C24H29N3O2. The smallest absolute Gasteiger partial charge is 0.255 e. The number of rotatable bonds is 7. The van der Waals surface area contributed by atoms with Crippen molar-refractivity contribution in [2.75, 3.05) is 26.7 Å². The van der Waals surface area contributed by atoms with Gasteiger partial charge in [-0.1, -0.05) is 24.6 Å². The van der Waals surface area contributed by atoms with Gasteiger partial charge in [0.25, 0.3) is 5.56 Å². The van der Waals surface area contributed by atoms with Crippen LogP contribution in [0, 0.1) is 0 Å². The Bertz CT molecular complexity index is 1010. The number of pyridine rings is 1. The zero-order chi connectivity index (χ0) is 20.1. The summed E-state index contributed by atoms with van der Waals surface area (Å²) in [5, 5.41) is 4.18. The molecule has 5 nitrogen and oxygen atoms in total. The molecular weight excluding hydrogens is 362 g/mol. The standard InChI is InChI=1S/C24H29N3O2/c1-25-18-20-16-19-10-11-22(29-21-8-4-2-5-9-21)17-23(19)27(24(20)28)15-14-26-12-6-3-7-13-26/h2,4-5,8-11,16-17,25H,3,6-7,12-15,18H2,1H3. The van der Waals surface area contributed by atoms with E-state index < -0.39 is 0 Å². The van der Waals surface area contributed by atoms with Gasteiger partial charge < -0.3 is 19.5 Å². The van der Waals surface area contributed by atoms with E-state index in [2.05, 4.69) is 10.2 Å². The van der Waals surface area contributed by atoms with E-state index in [-0.39, 0.29) is 5.56 Å². The highest BCUT2D eigenvalue weighted by Crippen LogP contribution is 2.25. The Labute approximate surface area is 171 Å². The largest absolute Gasteiger partial charge is 0.457 e. The number of ether oxygens (including phenoxy) is 1. The molecule has 152 valence electrons. The molecule has 3 aromatic rings. The molecule has 4 rings (SSSR count). The molecule has 1 fully saturated rings. The van der Waals surface area contributed by atoms with Crippen molar-refractivity contribution in [1.82, 2.24) is 14.8 Å². The molecule has 29 heavy (non-hydrogen) atoms. The molecule has 0 unspecified atom stereocenters. The van der Waals surface area contributed by atoms with E-state index >= 15 is 0 Å². The van der Waals surface area contributed by atoms with Gasteiger partial charge in [0.2, 0.25) is 0 Å². The summed E-state index contributed by atoms with van der Waals surface area (Å²) in [7, 11) is 1.87. The van der Waals surface area contributed by atoms with Crippen LogP contribution in [0.2, 0.25) is 0 Å². The summed E-state index contributed by atoms with van der Waals surface area (Å²) in [5.74, 6) is 1.54. The number of benzene rings is 2. The van der Waals surface area contributed by atoms with E-state index in [0.29, 0.717) is 13.1 Å². The van der Waals surface area contributed by atoms with Gasteiger partial charge in [-0.3, -0.25) is 4.79 Å². The fourth-order valence-corrected chi connectivity index (χ4v) is 4.06. The topological polar surface area (TPSA) is 46.5 Å². The first-order valence-electron chi connectivity index (χ1n) is 10.5. The van der Waals surface area contributed by atoms with Crippen molar-refractivity contribution in [3.8, 4) is 11.5 Å². The normalized spacial score (nSPS) is 14.9. The van der Waals surface area contributed by atoms with Crippen LogP contribution >= 0.6 is 0 Å². The number of hydrogen-bond donors (Lipinski definition) is 1. The Morgan fingerprint density at radius 2 is 1.72 bits per heavy atom. The molecule has 0 bridgehead atoms. The summed E-state index contributed by atoms with van der Waals surface area (Å²) in [5.41, 5.74) is 1.82. The Kier molecular flexibility index (Phi) is 6.27. The molecule has 0 amide bonds. The predicted molar refractivity (Wildman–Crippen MR) is 118 cm³/mol. The molecule has 0 spiro atoms. The average molecular weight is 392 g/mol. The van der Waals surface area contributed by atoms with Crippen LogP contribution in [-0.4, -0.2) is 36.1 Å². The van der Waals surface area contributed by atoms with Crippen LogP contribution in [0.4, 0.5) is 0 Å². The van der Waals surface area contributed by atoms with E-state index in [1.165, 1.54) is 19.3 Å². The third-order valence-corrected chi connectivity index (χ3v) is 5.58. The van der Waals surface area contributed by atoms with E-state index in [0.717, 1.165) is 47.6 Å². The lowest BCUT2D eigenvalue weighted by atomic mass is 10.1.